The summed E-state index contributed by atoms with van der Waals surface area (Å²) in [4.78, 5) is 4.21. The molecule has 5 heteroatoms. The third kappa shape index (κ3) is 1.76. The van der Waals surface area contributed by atoms with E-state index in [9.17, 15) is 0 Å². The largest absolute Gasteiger partial charge is 0.352 e. The Morgan fingerprint density at radius 2 is 2.40 bits per heavy atom. The normalized spacial score (nSPS) is 10.2. The first kappa shape index (κ1) is 9.51. The van der Waals surface area contributed by atoms with Gasteiger partial charge in [-0.3, -0.25) is 9.25 Å². The minimum Gasteiger partial charge on any atom is -0.352 e. The fourth-order valence-corrected chi connectivity index (χ4v) is 1.39. The summed E-state index contributed by atoms with van der Waals surface area (Å²) >= 11 is 0. The molecule has 0 aromatic carbocycles. The van der Waals surface area contributed by atoms with Gasteiger partial charge in [0, 0.05) is 32.1 Å². The van der Waals surface area contributed by atoms with Crippen LogP contribution < -0.4 is 5.32 Å². The molecule has 0 saturated carbocycles. The van der Waals surface area contributed by atoms with E-state index in [-0.39, 0.29) is 0 Å². The number of nitrogens with one attached hydrogen (secondary N) is 1. The van der Waals surface area contributed by atoms with E-state index in [2.05, 4.69) is 22.0 Å². The van der Waals surface area contributed by atoms with Gasteiger partial charge >= 0.3 is 0 Å². The van der Waals surface area contributed by atoms with E-state index in [0.717, 1.165) is 11.8 Å². The van der Waals surface area contributed by atoms with Crippen LogP contribution in [0.5, 0.6) is 0 Å². The Kier molecular flexibility index (Phi) is 2.53. The average Bonchev–Trinajstić information content (AvgIpc) is 2.82. The van der Waals surface area contributed by atoms with Crippen molar-refractivity contribution >= 4 is 5.95 Å². The zero-order valence-electron chi connectivity index (χ0n) is 8.59. The molecule has 0 saturated heterocycles. The number of aryl methyl sites for hydroxylation is 1. The van der Waals surface area contributed by atoms with Gasteiger partial charge in [-0.25, -0.2) is 4.98 Å². The molecule has 0 radical (unpaired) electrons. The van der Waals surface area contributed by atoms with Crippen molar-refractivity contribution in [3.63, 3.8) is 0 Å². The molecular formula is C10H13N5. The Labute approximate surface area is 88.1 Å². The molecule has 0 aliphatic heterocycles. The van der Waals surface area contributed by atoms with E-state index in [1.54, 1.807) is 23.2 Å². The second-order valence-corrected chi connectivity index (χ2v) is 3.10. The van der Waals surface area contributed by atoms with Crippen LogP contribution in [0.15, 0.2) is 37.3 Å². The number of aromatic nitrogens is 4. The number of hydrogen-bond donors (Lipinski definition) is 1. The van der Waals surface area contributed by atoms with Gasteiger partial charge in [0.15, 0.2) is 0 Å². The van der Waals surface area contributed by atoms with Crippen molar-refractivity contribution in [1.29, 1.82) is 0 Å². The minimum absolute atomic E-state index is 0.689. The summed E-state index contributed by atoms with van der Waals surface area (Å²) < 4.78 is 3.73. The number of rotatable bonds is 4. The first-order chi connectivity index (χ1) is 7.33. The number of hydrogen-bond acceptors (Lipinski definition) is 3. The molecule has 0 atom stereocenters. The van der Waals surface area contributed by atoms with E-state index < -0.39 is 0 Å². The molecule has 15 heavy (non-hydrogen) atoms. The van der Waals surface area contributed by atoms with Crippen LogP contribution in [-0.2, 0) is 7.05 Å². The highest BCUT2D eigenvalue weighted by atomic mass is 15.3. The Hall–Kier alpha value is -2.04. The van der Waals surface area contributed by atoms with Crippen LogP contribution in [0.2, 0.25) is 0 Å². The van der Waals surface area contributed by atoms with Crippen molar-refractivity contribution < 1.29 is 0 Å². The van der Waals surface area contributed by atoms with E-state index in [0.29, 0.717) is 6.54 Å². The topological polar surface area (TPSA) is 47.7 Å². The lowest BCUT2D eigenvalue weighted by atomic mass is 10.6. The molecule has 0 amide bonds. The number of nitrogens with zero attached hydrogens (tertiary/aromatic N) is 4. The van der Waals surface area contributed by atoms with Gasteiger partial charge in [-0.15, -0.1) is 6.58 Å². The first-order valence-electron chi connectivity index (χ1n) is 4.69. The molecule has 0 unspecified atom stereocenters. The zero-order valence-corrected chi connectivity index (χ0v) is 8.59. The van der Waals surface area contributed by atoms with Gasteiger partial charge in [0.05, 0.1) is 6.20 Å². The predicted octanol–water partition coefficient (Wildman–Crippen LogP) is 1.20. The predicted molar refractivity (Wildman–Crippen MR) is 59.0 cm³/mol. The Morgan fingerprint density at radius 1 is 1.53 bits per heavy atom. The molecule has 0 fully saturated rings. The van der Waals surface area contributed by atoms with Crippen molar-refractivity contribution in [2.75, 3.05) is 11.9 Å². The lowest BCUT2D eigenvalue weighted by Crippen LogP contribution is -2.08. The smallest absolute Gasteiger partial charge is 0.208 e. The van der Waals surface area contributed by atoms with Crippen LogP contribution in [0.3, 0.4) is 0 Å². The number of anilines is 1. The van der Waals surface area contributed by atoms with E-state index in [1.165, 1.54) is 0 Å². The Bertz CT molecular complexity index is 454. The molecule has 1 N–H and O–H groups in total. The van der Waals surface area contributed by atoms with Gasteiger partial charge in [0.1, 0.15) is 5.82 Å². The fraction of sp³-hybridized carbons (Fsp3) is 0.200. The van der Waals surface area contributed by atoms with Crippen LogP contribution in [0.4, 0.5) is 5.95 Å². The van der Waals surface area contributed by atoms with Crippen LogP contribution in [0.25, 0.3) is 5.82 Å². The highest BCUT2D eigenvalue weighted by Gasteiger charge is 2.06. The third-order valence-corrected chi connectivity index (χ3v) is 2.09. The Morgan fingerprint density at radius 3 is 3.07 bits per heavy atom. The molecule has 2 rings (SSSR count). The van der Waals surface area contributed by atoms with Crippen LogP contribution in [0, 0.1) is 0 Å². The second kappa shape index (κ2) is 4.00. The summed E-state index contributed by atoms with van der Waals surface area (Å²) in [5.41, 5.74) is 0. The van der Waals surface area contributed by atoms with Gasteiger partial charge in [-0.1, -0.05) is 6.08 Å². The number of imidazole rings is 1. The van der Waals surface area contributed by atoms with Crippen LogP contribution >= 0.6 is 0 Å². The summed E-state index contributed by atoms with van der Waals surface area (Å²) in [5.74, 6) is 1.76. The van der Waals surface area contributed by atoms with E-state index in [4.69, 9.17) is 0 Å². The maximum absolute atomic E-state index is 4.21. The van der Waals surface area contributed by atoms with Crippen molar-refractivity contribution in [3.8, 4) is 5.82 Å². The summed E-state index contributed by atoms with van der Waals surface area (Å²) in [6, 6.07) is 1.93. The molecule has 0 spiro atoms. The SMILES string of the molecule is C=CCNc1nccn1-c1ccnn1C. The minimum atomic E-state index is 0.689. The van der Waals surface area contributed by atoms with E-state index >= 15 is 0 Å². The molecular weight excluding hydrogens is 190 g/mol. The van der Waals surface area contributed by atoms with Crippen LogP contribution in [0.1, 0.15) is 0 Å². The highest BCUT2D eigenvalue weighted by Crippen LogP contribution is 2.12. The second-order valence-electron chi connectivity index (χ2n) is 3.10. The third-order valence-electron chi connectivity index (χ3n) is 2.09. The molecule has 78 valence electrons. The van der Waals surface area contributed by atoms with Gasteiger partial charge in [-0.2, -0.15) is 5.10 Å². The van der Waals surface area contributed by atoms with Crippen molar-refractivity contribution in [2.24, 2.45) is 7.05 Å². The Balaban J connectivity index is 2.32. The summed E-state index contributed by atoms with van der Waals surface area (Å²) in [5, 5.41) is 7.27. The fourth-order valence-electron chi connectivity index (χ4n) is 1.39. The van der Waals surface area contributed by atoms with Crippen molar-refractivity contribution in [2.45, 2.75) is 0 Å². The first-order valence-corrected chi connectivity index (χ1v) is 4.69. The lowest BCUT2D eigenvalue weighted by Gasteiger charge is -2.07. The van der Waals surface area contributed by atoms with Gasteiger partial charge in [0.2, 0.25) is 5.95 Å². The highest BCUT2D eigenvalue weighted by molar-refractivity contribution is 5.37. The lowest BCUT2D eigenvalue weighted by molar-refractivity contribution is 0.731. The van der Waals surface area contributed by atoms with Gasteiger partial charge in [-0.05, 0) is 0 Å². The maximum atomic E-state index is 4.21. The zero-order chi connectivity index (χ0) is 10.7. The standard InChI is InChI=1S/C10H13N5/c1-3-5-11-10-12-7-8-15(10)9-4-6-13-14(9)2/h3-4,6-8H,1,5H2,2H3,(H,11,12). The summed E-state index contributed by atoms with van der Waals surface area (Å²) in [7, 11) is 1.90. The van der Waals surface area contributed by atoms with Crippen molar-refractivity contribution in [1.82, 2.24) is 19.3 Å². The van der Waals surface area contributed by atoms with Crippen molar-refractivity contribution in [3.05, 3.63) is 37.3 Å². The molecule has 0 aliphatic rings. The monoisotopic (exact) mass is 203 g/mol. The molecule has 0 bridgehead atoms. The van der Waals surface area contributed by atoms with Gasteiger partial charge < -0.3 is 5.32 Å². The maximum Gasteiger partial charge on any atom is 0.208 e. The molecule has 2 aromatic heterocycles. The molecule has 2 heterocycles. The average molecular weight is 203 g/mol. The van der Waals surface area contributed by atoms with Crippen LogP contribution in [-0.4, -0.2) is 25.9 Å². The van der Waals surface area contributed by atoms with Gasteiger partial charge in [0.25, 0.3) is 0 Å². The summed E-state index contributed by atoms with van der Waals surface area (Å²) in [6.07, 6.45) is 7.19. The summed E-state index contributed by atoms with van der Waals surface area (Å²) in [6.45, 7) is 4.34. The molecule has 2 aromatic rings. The van der Waals surface area contributed by atoms with E-state index in [1.807, 2.05) is 23.9 Å². The molecule has 0 aliphatic carbocycles. The quantitative estimate of drug-likeness (QED) is 0.760. The molecule has 5 nitrogen and oxygen atoms in total.